The van der Waals surface area contributed by atoms with Gasteiger partial charge in [0.2, 0.25) is 0 Å². The van der Waals surface area contributed by atoms with Gasteiger partial charge in [0.15, 0.2) is 11.5 Å². The molecule has 3 rings (SSSR count). The van der Waals surface area contributed by atoms with Crippen LogP contribution in [0, 0.1) is 11.3 Å². The summed E-state index contributed by atoms with van der Waals surface area (Å²) >= 11 is 0. The molecule has 0 amide bonds. The zero-order chi connectivity index (χ0) is 14.7. The summed E-state index contributed by atoms with van der Waals surface area (Å²) in [5.41, 5.74) is 1.46. The number of aliphatic hydroxyl groups is 1. The van der Waals surface area contributed by atoms with Gasteiger partial charge in [-0.3, -0.25) is 0 Å². The van der Waals surface area contributed by atoms with Crippen molar-refractivity contribution in [3.8, 4) is 6.07 Å². The second kappa shape index (κ2) is 5.51. The molecule has 1 unspecified atom stereocenters. The topological polar surface area (TPSA) is 81.8 Å². The third-order valence-electron chi connectivity index (χ3n) is 3.91. The first-order chi connectivity index (χ1) is 10.2. The normalized spacial score (nSPS) is 20.4. The van der Waals surface area contributed by atoms with Gasteiger partial charge >= 0.3 is 0 Å². The van der Waals surface area contributed by atoms with E-state index >= 15 is 0 Å². The van der Waals surface area contributed by atoms with Crippen molar-refractivity contribution < 1.29 is 5.11 Å². The maximum atomic E-state index is 11.0. The maximum absolute atomic E-state index is 11.0. The lowest BCUT2D eigenvalue weighted by molar-refractivity contribution is 0.0322. The lowest BCUT2D eigenvalue weighted by Crippen LogP contribution is -2.37. The molecule has 0 fully saturated rings. The number of nitrogens with one attached hydrogen (secondary N) is 1. The Morgan fingerprint density at radius 2 is 2.10 bits per heavy atom. The summed E-state index contributed by atoms with van der Waals surface area (Å²) in [6.07, 6.45) is 5.64. The second-order valence-corrected chi connectivity index (χ2v) is 5.26. The first-order valence-corrected chi connectivity index (χ1v) is 6.99. The molecule has 5 heteroatoms. The van der Waals surface area contributed by atoms with Crippen LogP contribution in [0.4, 0.5) is 5.82 Å². The minimum atomic E-state index is -0.931. The van der Waals surface area contributed by atoms with Gasteiger partial charge in [0.1, 0.15) is 11.7 Å². The van der Waals surface area contributed by atoms with E-state index in [1.807, 2.05) is 24.3 Å². The lowest BCUT2D eigenvalue weighted by atomic mass is 9.79. The van der Waals surface area contributed by atoms with Crippen LogP contribution in [0.1, 0.15) is 29.7 Å². The molecule has 1 aromatic carbocycles. The molecule has 21 heavy (non-hydrogen) atoms. The van der Waals surface area contributed by atoms with Crippen LogP contribution in [0.25, 0.3) is 0 Å². The van der Waals surface area contributed by atoms with E-state index in [1.165, 1.54) is 18.0 Å². The van der Waals surface area contributed by atoms with Gasteiger partial charge < -0.3 is 10.4 Å². The molecule has 1 aliphatic rings. The zero-order valence-corrected chi connectivity index (χ0v) is 11.6. The minimum Gasteiger partial charge on any atom is -0.383 e. The number of benzene rings is 1. The zero-order valence-electron chi connectivity index (χ0n) is 11.6. The van der Waals surface area contributed by atoms with Gasteiger partial charge in [0.05, 0.1) is 0 Å². The number of nitriles is 1. The van der Waals surface area contributed by atoms with Crippen LogP contribution in [-0.4, -0.2) is 21.6 Å². The number of aryl methyl sites for hydroxylation is 1. The summed E-state index contributed by atoms with van der Waals surface area (Å²) < 4.78 is 0. The van der Waals surface area contributed by atoms with Crippen molar-refractivity contribution in [1.82, 2.24) is 9.97 Å². The fourth-order valence-corrected chi connectivity index (χ4v) is 2.86. The molecule has 1 atom stereocenters. The molecule has 0 radical (unpaired) electrons. The lowest BCUT2D eigenvalue weighted by Gasteiger charge is -2.34. The van der Waals surface area contributed by atoms with Crippen LogP contribution in [0.3, 0.4) is 0 Å². The highest BCUT2D eigenvalue weighted by atomic mass is 16.3. The number of rotatable bonds is 3. The van der Waals surface area contributed by atoms with Crippen molar-refractivity contribution in [2.24, 2.45) is 0 Å². The van der Waals surface area contributed by atoms with Crippen LogP contribution in [0.5, 0.6) is 0 Å². The standard InChI is InChI=1S/C16H16N4O/c17-10-14-15(19-9-8-18-14)20-11-16(21)7-3-5-12-4-1-2-6-13(12)16/h1-2,4,6,8-9,21H,3,5,7,11H2,(H,19,20). The van der Waals surface area contributed by atoms with Crippen molar-refractivity contribution in [3.63, 3.8) is 0 Å². The monoisotopic (exact) mass is 280 g/mol. The highest BCUT2D eigenvalue weighted by molar-refractivity contribution is 5.47. The molecule has 1 heterocycles. The van der Waals surface area contributed by atoms with Crippen molar-refractivity contribution in [2.75, 3.05) is 11.9 Å². The molecule has 1 aromatic heterocycles. The maximum Gasteiger partial charge on any atom is 0.182 e. The third kappa shape index (κ3) is 2.58. The number of hydrogen-bond donors (Lipinski definition) is 2. The Bertz CT molecular complexity index is 695. The molecule has 0 bridgehead atoms. The number of anilines is 1. The number of nitrogens with zero attached hydrogens (tertiary/aromatic N) is 3. The molecule has 0 saturated carbocycles. The minimum absolute atomic E-state index is 0.241. The predicted octanol–water partition coefficient (Wildman–Crippen LogP) is 1.98. The summed E-state index contributed by atoms with van der Waals surface area (Å²) in [7, 11) is 0. The quantitative estimate of drug-likeness (QED) is 0.898. The van der Waals surface area contributed by atoms with Gasteiger partial charge in [0.25, 0.3) is 0 Å². The van der Waals surface area contributed by atoms with Crippen molar-refractivity contribution >= 4 is 5.82 Å². The van der Waals surface area contributed by atoms with E-state index < -0.39 is 5.60 Å². The van der Waals surface area contributed by atoms with Crippen LogP contribution >= 0.6 is 0 Å². The first kappa shape index (κ1) is 13.5. The summed E-state index contributed by atoms with van der Waals surface area (Å²) in [5, 5.41) is 23.0. The molecule has 2 aromatic rings. The summed E-state index contributed by atoms with van der Waals surface area (Å²) in [4.78, 5) is 8.07. The number of hydrogen-bond acceptors (Lipinski definition) is 5. The van der Waals surface area contributed by atoms with Gasteiger partial charge in [-0.2, -0.15) is 5.26 Å². The van der Waals surface area contributed by atoms with E-state index in [0.717, 1.165) is 18.4 Å². The van der Waals surface area contributed by atoms with E-state index in [0.29, 0.717) is 18.8 Å². The second-order valence-electron chi connectivity index (χ2n) is 5.26. The smallest absolute Gasteiger partial charge is 0.182 e. The number of fused-ring (bicyclic) bond motifs is 1. The Labute approximate surface area is 123 Å². The van der Waals surface area contributed by atoms with E-state index in [2.05, 4.69) is 21.4 Å². The molecular weight excluding hydrogens is 264 g/mol. The molecule has 0 saturated heterocycles. The SMILES string of the molecule is N#Cc1nccnc1NCC1(O)CCCc2ccccc21. The van der Waals surface area contributed by atoms with Crippen LogP contribution in [0.15, 0.2) is 36.7 Å². The van der Waals surface area contributed by atoms with Gasteiger partial charge in [0, 0.05) is 18.9 Å². The van der Waals surface area contributed by atoms with Crippen LogP contribution in [-0.2, 0) is 12.0 Å². The van der Waals surface area contributed by atoms with E-state index in [-0.39, 0.29) is 5.69 Å². The van der Waals surface area contributed by atoms with Gasteiger partial charge in [-0.1, -0.05) is 24.3 Å². The van der Waals surface area contributed by atoms with Crippen LogP contribution in [0.2, 0.25) is 0 Å². The first-order valence-electron chi connectivity index (χ1n) is 6.99. The van der Waals surface area contributed by atoms with Crippen molar-refractivity contribution in [3.05, 3.63) is 53.5 Å². The van der Waals surface area contributed by atoms with Gasteiger partial charge in [-0.05, 0) is 30.4 Å². The average Bonchev–Trinajstić information content (AvgIpc) is 2.54. The molecule has 1 aliphatic carbocycles. The predicted molar refractivity (Wildman–Crippen MR) is 78.5 cm³/mol. The Kier molecular flexibility index (Phi) is 3.55. The molecule has 106 valence electrons. The van der Waals surface area contributed by atoms with Gasteiger partial charge in [-0.15, -0.1) is 0 Å². The Balaban J connectivity index is 1.84. The highest BCUT2D eigenvalue weighted by Crippen LogP contribution is 2.35. The fourth-order valence-electron chi connectivity index (χ4n) is 2.86. The van der Waals surface area contributed by atoms with E-state index in [4.69, 9.17) is 5.26 Å². The number of aromatic nitrogens is 2. The Morgan fingerprint density at radius 3 is 2.95 bits per heavy atom. The van der Waals surface area contributed by atoms with E-state index in [9.17, 15) is 5.11 Å². The van der Waals surface area contributed by atoms with Crippen LogP contribution < -0.4 is 5.32 Å². The Morgan fingerprint density at radius 1 is 1.29 bits per heavy atom. The molecule has 0 aliphatic heterocycles. The largest absolute Gasteiger partial charge is 0.383 e. The summed E-state index contributed by atoms with van der Waals surface area (Å²) in [5.74, 6) is 0.413. The van der Waals surface area contributed by atoms with Crippen molar-refractivity contribution in [1.29, 1.82) is 5.26 Å². The summed E-state index contributed by atoms with van der Waals surface area (Å²) in [6, 6.07) is 9.96. The highest BCUT2D eigenvalue weighted by Gasteiger charge is 2.34. The molecule has 2 N–H and O–H groups in total. The fraction of sp³-hybridized carbons (Fsp3) is 0.312. The Hall–Kier alpha value is -2.45. The van der Waals surface area contributed by atoms with E-state index in [1.54, 1.807) is 0 Å². The third-order valence-corrected chi connectivity index (χ3v) is 3.91. The average molecular weight is 280 g/mol. The van der Waals surface area contributed by atoms with Crippen molar-refractivity contribution in [2.45, 2.75) is 24.9 Å². The van der Waals surface area contributed by atoms with Gasteiger partial charge in [-0.25, -0.2) is 9.97 Å². The molecule has 5 nitrogen and oxygen atoms in total. The molecular formula is C16H16N4O. The molecule has 0 spiro atoms. The summed E-state index contributed by atoms with van der Waals surface area (Å²) in [6.45, 7) is 0.317.